The molecule has 3 amide bonds. The molecule has 1 saturated heterocycles. The summed E-state index contributed by atoms with van der Waals surface area (Å²) in [6.45, 7) is 2.45. The first-order chi connectivity index (χ1) is 17.2. The molecule has 0 aromatic heterocycles. The number of hydrogen-bond acceptors (Lipinski definition) is 5. The maximum absolute atomic E-state index is 12.9. The highest BCUT2D eigenvalue weighted by Gasteiger charge is 2.33. The molecular formula is C27H27N3O5. The van der Waals surface area contributed by atoms with Gasteiger partial charge in [-0.15, -0.1) is 0 Å². The van der Waals surface area contributed by atoms with Gasteiger partial charge >= 0.3 is 6.03 Å². The molecule has 8 nitrogen and oxygen atoms in total. The van der Waals surface area contributed by atoms with Crippen molar-refractivity contribution in [2.75, 3.05) is 38.1 Å². The molecule has 2 heterocycles. The summed E-state index contributed by atoms with van der Waals surface area (Å²) in [6.07, 6.45) is -0.673. The number of para-hydroxylation sites is 2. The summed E-state index contributed by atoms with van der Waals surface area (Å²) in [6, 6.07) is 24.4. The smallest absolute Gasteiger partial charge is 0.321 e. The van der Waals surface area contributed by atoms with E-state index in [1.165, 1.54) is 0 Å². The van der Waals surface area contributed by atoms with Crippen LogP contribution in [0.5, 0.6) is 17.2 Å². The number of ether oxygens (including phenoxy) is 3. The van der Waals surface area contributed by atoms with Gasteiger partial charge in [0.15, 0.2) is 11.5 Å². The fraction of sp³-hybridized carbons (Fsp3) is 0.259. The third-order valence-corrected chi connectivity index (χ3v) is 6.02. The van der Waals surface area contributed by atoms with Crippen molar-refractivity contribution >= 4 is 17.6 Å². The Morgan fingerprint density at radius 2 is 1.49 bits per heavy atom. The van der Waals surface area contributed by atoms with Gasteiger partial charge in [-0.3, -0.25) is 4.79 Å². The Bertz CT molecular complexity index is 1160. The van der Waals surface area contributed by atoms with Crippen LogP contribution < -0.4 is 19.5 Å². The van der Waals surface area contributed by atoms with Crippen molar-refractivity contribution in [3.8, 4) is 17.2 Å². The first kappa shape index (κ1) is 22.6. The second-order valence-corrected chi connectivity index (χ2v) is 8.41. The van der Waals surface area contributed by atoms with Gasteiger partial charge in [-0.1, -0.05) is 42.5 Å². The maximum Gasteiger partial charge on any atom is 0.321 e. The highest BCUT2D eigenvalue weighted by atomic mass is 16.6. The van der Waals surface area contributed by atoms with Gasteiger partial charge in [0.2, 0.25) is 6.10 Å². The lowest BCUT2D eigenvalue weighted by Gasteiger charge is -2.37. The highest BCUT2D eigenvalue weighted by molar-refractivity contribution is 5.89. The van der Waals surface area contributed by atoms with Crippen molar-refractivity contribution in [1.29, 1.82) is 0 Å². The number of nitrogens with zero attached hydrogens (tertiary/aromatic N) is 2. The molecule has 3 aromatic rings. The lowest BCUT2D eigenvalue weighted by molar-refractivity contribution is -0.142. The van der Waals surface area contributed by atoms with Gasteiger partial charge in [-0.2, -0.15) is 0 Å². The van der Waals surface area contributed by atoms with Gasteiger partial charge in [0.05, 0.1) is 0 Å². The molecule has 1 fully saturated rings. The molecule has 0 bridgehead atoms. The van der Waals surface area contributed by atoms with Crippen LogP contribution in [0.2, 0.25) is 0 Å². The minimum absolute atomic E-state index is 0.120. The fourth-order valence-electron chi connectivity index (χ4n) is 4.05. The SMILES string of the molecule is O=C(Nc1ccc(OCc2ccccc2)cc1)N1CCN(C(=O)[C@H]2COc3ccccc3O2)CC1. The van der Waals surface area contributed by atoms with E-state index in [0.29, 0.717) is 50.0 Å². The summed E-state index contributed by atoms with van der Waals surface area (Å²) in [7, 11) is 0. The summed E-state index contributed by atoms with van der Waals surface area (Å²) in [5, 5.41) is 2.91. The summed E-state index contributed by atoms with van der Waals surface area (Å²) in [5.41, 5.74) is 1.78. The number of carbonyl (C=O) groups is 2. The number of amides is 3. The first-order valence-corrected chi connectivity index (χ1v) is 11.7. The Morgan fingerprint density at radius 1 is 0.829 bits per heavy atom. The molecule has 0 radical (unpaired) electrons. The molecule has 180 valence electrons. The predicted molar refractivity (Wildman–Crippen MR) is 131 cm³/mol. The quantitative estimate of drug-likeness (QED) is 0.610. The van der Waals surface area contributed by atoms with Crippen LogP contribution in [0.25, 0.3) is 0 Å². The summed E-state index contributed by atoms with van der Waals surface area (Å²) in [5.74, 6) is 1.83. The molecule has 0 unspecified atom stereocenters. The third-order valence-electron chi connectivity index (χ3n) is 6.02. The number of nitrogens with one attached hydrogen (secondary N) is 1. The second-order valence-electron chi connectivity index (χ2n) is 8.41. The van der Waals surface area contributed by atoms with Gasteiger partial charge in [-0.05, 0) is 42.0 Å². The van der Waals surface area contributed by atoms with Crippen molar-refractivity contribution in [2.45, 2.75) is 12.7 Å². The minimum Gasteiger partial charge on any atom is -0.489 e. The standard InChI is InChI=1S/C27H27N3O5/c31-26(25-19-34-23-8-4-5-9-24(23)35-25)29-14-16-30(17-15-29)27(32)28-21-10-12-22(13-11-21)33-18-20-6-2-1-3-7-20/h1-13,25H,14-19H2,(H,28,32)/t25-/m1/s1. The van der Waals surface area contributed by atoms with E-state index in [1.807, 2.05) is 72.8 Å². The number of piperazine rings is 1. The van der Waals surface area contributed by atoms with Gasteiger partial charge < -0.3 is 29.3 Å². The topological polar surface area (TPSA) is 80.3 Å². The van der Waals surface area contributed by atoms with Gasteiger partial charge in [0, 0.05) is 31.9 Å². The maximum atomic E-state index is 12.9. The molecule has 3 aromatic carbocycles. The average molecular weight is 474 g/mol. The Morgan fingerprint density at radius 3 is 2.23 bits per heavy atom. The molecule has 2 aliphatic rings. The number of fused-ring (bicyclic) bond motifs is 1. The molecule has 1 N–H and O–H groups in total. The van der Waals surface area contributed by atoms with E-state index in [9.17, 15) is 9.59 Å². The predicted octanol–water partition coefficient (Wildman–Crippen LogP) is 3.78. The molecular weight excluding hydrogens is 446 g/mol. The molecule has 0 aliphatic carbocycles. The lowest BCUT2D eigenvalue weighted by Crippen LogP contribution is -2.55. The van der Waals surface area contributed by atoms with Gasteiger partial charge in [0.1, 0.15) is 19.0 Å². The van der Waals surface area contributed by atoms with Crippen LogP contribution in [-0.2, 0) is 11.4 Å². The third kappa shape index (κ3) is 5.48. The van der Waals surface area contributed by atoms with Crippen LogP contribution in [0, 0.1) is 0 Å². The monoisotopic (exact) mass is 473 g/mol. The molecule has 35 heavy (non-hydrogen) atoms. The number of rotatable bonds is 5. The van der Waals surface area contributed by atoms with Crippen molar-refractivity contribution in [3.05, 3.63) is 84.4 Å². The Hall–Kier alpha value is -4.20. The first-order valence-electron chi connectivity index (χ1n) is 11.7. The summed E-state index contributed by atoms with van der Waals surface area (Å²) >= 11 is 0. The van der Waals surface area contributed by atoms with Crippen LogP contribution >= 0.6 is 0 Å². The largest absolute Gasteiger partial charge is 0.489 e. The van der Waals surface area contributed by atoms with E-state index in [-0.39, 0.29) is 18.5 Å². The van der Waals surface area contributed by atoms with Crippen LogP contribution in [0.1, 0.15) is 5.56 Å². The summed E-state index contributed by atoms with van der Waals surface area (Å²) < 4.78 is 17.3. The summed E-state index contributed by atoms with van der Waals surface area (Å²) in [4.78, 5) is 29.0. The number of anilines is 1. The van der Waals surface area contributed by atoms with Gasteiger partial charge in [-0.25, -0.2) is 4.79 Å². The van der Waals surface area contributed by atoms with Crippen LogP contribution in [-0.4, -0.2) is 60.6 Å². The Balaban J connectivity index is 1.08. The van der Waals surface area contributed by atoms with Crippen molar-refractivity contribution in [1.82, 2.24) is 9.80 Å². The number of benzene rings is 3. The zero-order valence-corrected chi connectivity index (χ0v) is 19.3. The zero-order chi connectivity index (χ0) is 24.0. The van der Waals surface area contributed by atoms with E-state index < -0.39 is 6.10 Å². The Kier molecular flexibility index (Phi) is 6.70. The van der Waals surface area contributed by atoms with Crippen LogP contribution in [0.3, 0.4) is 0 Å². The number of carbonyl (C=O) groups excluding carboxylic acids is 2. The molecule has 0 spiro atoms. The normalized spacial score (nSPS) is 17.0. The van der Waals surface area contributed by atoms with Crippen molar-refractivity contribution in [2.24, 2.45) is 0 Å². The van der Waals surface area contributed by atoms with E-state index in [4.69, 9.17) is 14.2 Å². The van der Waals surface area contributed by atoms with E-state index in [2.05, 4.69) is 5.32 Å². The molecule has 1 atom stereocenters. The molecule has 8 heteroatoms. The lowest BCUT2D eigenvalue weighted by atomic mass is 10.2. The average Bonchev–Trinajstić information content (AvgIpc) is 2.92. The zero-order valence-electron chi connectivity index (χ0n) is 19.3. The van der Waals surface area contributed by atoms with Crippen molar-refractivity contribution < 1.29 is 23.8 Å². The van der Waals surface area contributed by atoms with Gasteiger partial charge in [0.25, 0.3) is 5.91 Å². The molecule has 2 aliphatic heterocycles. The van der Waals surface area contributed by atoms with Crippen molar-refractivity contribution in [3.63, 3.8) is 0 Å². The molecule has 5 rings (SSSR count). The second kappa shape index (κ2) is 10.4. The van der Waals surface area contributed by atoms with E-state index in [0.717, 1.165) is 11.3 Å². The van der Waals surface area contributed by atoms with Crippen LogP contribution in [0.15, 0.2) is 78.9 Å². The van der Waals surface area contributed by atoms with E-state index >= 15 is 0 Å². The van der Waals surface area contributed by atoms with E-state index in [1.54, 1.807) is 15.9 Å². The fourth-order valence-corrected chi connectivity index (χ4v) is 4.05. The number of urea groups is 1. The molecule has 0 saturated carbocycles. The Labute approximate surface area is 204 Å². The number of hydrogen-bond donors (Lipinski definition) is 1. The van der Waals surface area contributed by atoms with Crippen LogP contribution in [0.4, 0.5) is 10.5 Å². The minimum atomic E-state index is -0.673. The highest BCUT2D eigenvalue weighted by Crippen LogP contribution is 2.31.